The van der Waals surface area contributed by atoms with Gasteiger partial charge in [-0.05, 0) is 25.7 Å². The topological polar surface area (TPSA) is 46.2 Å². The molecule has 4 nitrogen and oxygen atoms in total. The molecule has 0 aromatic carbocycles. The second kappa shape index (κ2) is 2.88. The molecule has 0 radical (unpaired) electrons. The zero-order valence-corrected chi connectivity index (χ0v) is 9.29. The van der Waals surface area contributed by atoms with Crippen LogP contribution in [0.15, 0.2) is 0 Å². The number of hydrogen-bond donors (Lipinski definition) is 1. The second-order valence-corrected chi connectivity index (χ2v) is 5.21. The molecule has 0 bridgehead atoms. The van der Waals surface area contributed by atoms with E-state index in [1.807, 2.05) is 4.90 Å². The van der Waals surface area contributed by atoms with Crippen molar-refractivity contribution in [3.63, 3.8) is 0 Å². The Hall–Kier alpha value is -0.770. The minimum atomic E-state index is -0.196. The Morgan fingerprint density at radius 1 is 1.33 bits per heavy atom. The Labute approximate surface area is 90.0 Å². The summed E-state index contributed by atoms with van der Waals surface area (Å²) in [5.41, 5.74) is -0.316. The van der Waals surface area contributed by atoms with E-state index in [1.54, 1.807) is 0 Å². The first-order valence-electron chi connectivity index (χ1n) is 6.03. The maximum Gasteiger partial charge on any atom is 0.415 e. The number of carbonyl (C=O) groups excluding carboxylic acids is 1. The van der Waals surface area contributed by atoms with Crippen LogP contribution in [0.4, 0.5) is 4.79 Å². The molecule has 15 heavy (non-hydrogen) atoms. The van der Waals surface area contributed by atoms with Gasteiger partial charge in [0.05, 0.1) is 13.1 Å². The van der Waals surface area contributed by atoms with Gasteiger partial charge < -0.3 is 10.1 Å². The van der Waals surface area contributed by atoms with Crippen molar-refractivity contribution >= 4 is 6.09 Å². The summed E-state index contributed by atoms with van der Waals surface area (Å²) < 4.78 is 5.72. The van der Waals surface area contributed by atoms with Gasteiger partial charge in [0.15, 0.2) is 5.60 Å². The van der Waals surface area contributed by atoms with E-state index in [4.69, 9.17) is 4.74 Å². The second-order valence-electron chi connectivity index (χ2n) is 5.21. The van der Waals surface area contributed by atoms with Crippen molar-refractivity contribution in [2.24, 2.45) is 0 Å². The molecule has 2 heterocycles. The number of ether oxygens (including phenoxy) is 1. The summed E-state index contributed by atoms with van der Waals surface area (Å²) in [6.45, 7) is 4.04. The fraction of sp³-hybridized carbons (Fsp3) is 0.909. The number of amides is 1. The molecule has 3 aliphatic rings. The van der Waals surface area contributed by atoms with Crippen molar-refractivity contribution in [3.05, 3.63) is 0 Å². The van der Waals surface area contributed by atoms with Crippen molar-refractivity contribution in [1.29, 1.82) is 0 Å². The number of carbonyl (C=O) groups is 1. The first kappa shape index (κ1) is 9.46. The number of nitrogens with zero attached hydrogens (tertiary/aromatic N) is 1. The molecule has 3 fully saturated rings. The van der Waals surface area contributed by atoms with Crippen LogP contribution in [0.1, 0.15) is 39.0 Å². The highest BCUT2D eigenvalue weighted by Crippen LogP contribution is 2.45. The number of rotatable bonds is 0. The van der Waals surface area contributed by atoms with Gasteiger partial charge >= 0.3 is 6.09 Å². The molecule has 1 aliphatic carbocycles. The SMILES string of the molecule is C[C@@]12[NH2+]CCN1C(=O)OC21CCCCC1. The van der Waals surface area contributed by atoms with Crippen LogP contribution in [0.25, 0.3) is 0 Å². The molecular formula is C11H19N2O2+. The van der Waals surface area contributed by atoms with Gasteiger partial charge in [0.1, 0.15) is 0 Å². The van der Waals surface area contributed by atoms with E-state index >= 15 is 0 Å². The van der Waals surface area contributed by atoms with Gasteiger partial charge in [-0.2, -0.15) is 0 Å². The van der Waals surface area contributed by atoms with Gasteiger partial charge in [-0.1, -0.05) is 6.42 Å². The molecule has 0 aromatic heterocycles. The minimum absolute atomic E-state index is 0.0897. The average Bonchev–Trinajstić information content (AvgIpc) is 2.70. The molecule has 1 amide bonds. The molecule has 2 N–H and O–H groups in total. The highest BCUT2D eigenvalue weighted by molar-refractivity contribution is 5.72. The zero-order chi connectivity index (χ0) is 10.5. The summed E-state index contributed by atoms with van der Waals surface area (Å²) in [5.74, 6) is 0. The third-order valence-corrected chi connectivity index (χ3v) is 4.54. The minimum Gasteiger partial charge on any atom is -0.434 e. The van der Waals surface area contributed by atoms with Crippen LogP contribution in [0, 0.1) is 0 Å². The maximum absolute atomic E-state index is 11.8. The third kappa shape index (κ3) is 1.03. The van der Waals surface area contributed by atoms with Crippen LogP contribution in [0.3, 0.4) is 0 Å². The predicted octanol–water partition coefficient (Wildman–Crippen LogP) is 0.435. The van der Waals surface area contributed by atoms with E-state index in [2.05, 4.69) is 12.2 Å². The summed E-state index contributed by atoms with van der Waals surface area (Å²) in [6.07, 6.45) is 5.68. The van der Waals surface area contributed by atoms with Gasteiger partial charge in [0, 0.05) is 6.92 Å². The number of nitrogens with two attached hydrogens (primary N) is 1. The summed E-state index contributed by atoms with van der Waals surface area (Å²) in [6, 6.07) is 0. The number of fused-ring (bicyclic) bond motifs is 2. The smallest absolute Gasteiger partial charge is 0.415 e. The lowest BCUT2D eigenvalue weighted by atomic mass is 9.76. The summed E-state index contributed by atoms with van der Waals surface area (Å²) in [4.78, 5) is 13.7. The van der Waals surface area contributed by atoms with Gasteiger partial charge in [-0.15, -0.1) is 0 Å². The van der Waals surface area contributed by atoms with E-state index in [-0.39, 0.29) is 17.4 Å². The summed E-state index contributed by atoms with van der Waals surface area (Å²) in [7, 11) is 0. The summed E-state index contributed by atoms with van der Waals surface area (Å²) in [5, 5.41) is 2.29. The van der Waals surface area contributed by atoms with Crippen LogP contribution in [0.5, 0.6) is 0 Å². The molecule has 4 heteroatoms. The highest BCUT2D eigenvalue weighted by Gasteiger charge is 2.67. The Morgan fingerprint density at radius 3 is 2.80 bits per heavy atom. The molecule has 84 valence electrons. The van der Waals surface area contributed by atoms with Crippen molar-refractivity contribution < 1.29 is 14.8 Å². The Morgan fingerprint density at radius 2 is 2.07 bits per heavy atom. The lowest BCUT2D eigenvalue weighted by Gasteiger charge is -2.39. The zero-order valence-electron chi connectivity index (χ0n) is 9.29. The van der Waals surface area contributed by atoms with Crippen LogP contribution >= 0.6 is 0 Å². The van der Waals surface area contributed by atoms with Crippen molar-refractivity contribution in [2.75, 3.05) is 13.1 Å². The molecule has 0 unspecified atom stereocenters. The van der Waals surface area contributed by atoms with Crippen LogP contribution in [0.2, 0.25) is 0 Å². The molecule has 1 spiro atoms. The van der Waals surface area contributed by atoms with E-state index in [9.17, 15) is 4.79 Å². The fourth-order valence-electron chi connectivity index (χ4n) is 3.59. The first-order chi connectivity index (χ1) is 7.18. The van der Waals surface area contributed by atoms with Crippen molar-refractivity contribution in [2.45, 2.75) is 50.3 Å². The van der Waals surface area contributed by atoms with E-state index < -0.39 is 0 Å². The molecule has 1 atom stereocenters. The fourth-order valence-corrected chi connectivity index (χ4v) is 3.59. The largest absolute Gasteiger partial charge is 0.434 e. The third-order valence-electron chi connectivity index (χ3n) is 4.54. The molecule has 3 rings (SSSR count). The first-order valence-corrected chi connectivity index (χ1v) is 6.03. The number of quaternary nitrogens is 1. The monoisotopic (exact) mass is 211 g/mol. The van der Waals surface area contributed by atoms with Gasteiger partial charge in [-0.25, -0.2) is 9.69 Å². The van der Waals surface area contributed by atoms with Crippen molar-refractivity contribution in [3.8, 4) is 0 Å². The predicted molar refractivity (Wildman–Crippen MR) is 54.2 cm³/mol. The van der Waals surface area contributed by atoms with E-state index in [0.29, 0.717) is 0 Å². The molecule has 2 aliphatic heterocycles. The average molecular weight is 211 g/mol. The summed E-state index contributed by atoms with van der Waals surface area (Å²) >= 11 is 0. The van der Waals surface area contributed by atoms with Crippen LogP contribution in [-0.4, -0.2) is 35.3 Å². The quantitative estimate of drug-likeness (QED) is 0.632. The van der Waals surface area contributed by atoms with Gasteiger partial charge in [-0.3, -0.25) is 0 Å². The molecular weight excluding hydrogens is 192 g/mol. The standard InChI is InChI=1S/C11H18N2O2/c1-10-11(5-3-2-4-6-11)15-9(14)13(10)8-7-12-10/h12H,2-8H2,1H3/p+1/t10-/m1/s1. The van der Waals surface area contributed by atoms with E-state index in [1.165, 1.54) is 19.3 Å². The Balaban J connectivity index is 1.98. The van der Waals surface area contributed by atoms with E-state index in [0.717, 1.165) is 25.9 Å². The molecule has 1 saturated carbocycles. The van der Waals surface area contributed by atoms with Crippen molar-refractivity contribution in [1.82, 2.24) is 4.90 Å². The lowest BCUT2D eigenvalue weighted by molar-refractivity contribution is -0.726. The highest BCUT2D eigenvalue weighted by atomic mass is 16.6. The van der Waals surface area contributed by atoms with Crippen LogP contribution in [-0.2, 0) is 4.74 Å². The maximum atomic E-state index is 11.8. The van der Waals surface area contributed by atoms with Crippen LogP contribution < -0.4 is 5.32 Å². The Kier molecular flexibility index (Phi) is 1.81. The number of hydrogen-bond acceptors (Lipinski definition) is 2. The van der Waals surface area contributed by atoms with Gasteiger partial charge in [0.2, 0.25) is 5.66 Å². The lowest BCUT2D eigenvalue weighted by Crippen LogP contribution is -2.99. The van der Waals surface area contributed by atoms with Gasteiger partial charge in [0.25, 0.3) is 0 Å². The molecule has 0 aromatic rings. The Bertz CT molecular complexity index is 299. The molecule has 2 saturated heterocycles. The normalized spacial score (nSPS) is 38.2.